The summed E-state index contributed by atoms with van der Waals surface area (Å²) in [7, 11) is 0. The molecule has 1 amide bonds. The van der Waals surface area contributed by atoms with Crippen molar-refractivity contribution in [2.24, 2.45) is 4.99 Å². The minimum absolute atomic E-state index is 0.105. The van der Waals surface area contributed by atoms with Gasteiger partial charge in [-0.25, -0.2) is 9.98 Å². The van der Waals surface area contributed by atoms with Crippen molar-refractivity contribution in [3.63, 3.8) is 0 Å². The van der Waals surface area contributed by atoms with Crippen molar-refractivity contribution in [1.82, 2.24) is 14.9 Å². The van der Waals surface area contributed by atoms with Gasteiger partial charge in [-0.3, -0.25) is 14.7 Å². The maximum atomic E-state index is 13.1. The number of phenols is 1. The molecule has 1 aromatic heterocycles. The van der Waals surface area contributed by atoms with E-state index in [1.807, 2.05) is 30.3 Å². The summed E-state index contributed by atoms with van der Waals surface area (Å²) in [5.74, 6) is 0.492. The minimum Gasteiger partial charge on any atom is -0.507 e. The molecule has 3 heterocycles. The van der Waals surface area contributed by atoms with E-state index in [2.05, 4.69) is 15.0 Å². The van der Waals surface area contributed by atoms with Crippen LogP contribution in [0.25, 0.3) is 0 Å². The van der Waals surface area contributed by atoms with E-state index < -0.39 is 0 Å². The van der Waals surface area contributed by atoms with E-state index in [1.165, 1.54) is 24.5 Å². The fourth-order valence-corrected chi connectivity index (χ4v) is 3.19. The van der Waals surface area contributed by atoms with Crippen molar-refractivity contribution in [1.29, 1.82) is 5.26 Å². The molecule has 0 unspecified atom stereocenters. The zero-order valence-corrected chi connectivity index (χ0v) is 15.5. The molecular formula is C22H17N5O2. The number of fused-ring (bicyclic) bond motifs is 6. The van der Waals surface area contributed by atoms with E-state index in [4.69, 9.17) is 0 Å². The van der Waals surface area contributed by atoms with E-state index in [-0.39, 0.29) is 23.6 Å². The number of nitrogens with zero attached hydrogens (tertiary/aromatic N) is 5. The number of amides is 1. The van der Waals surface area contributed by atoms with E-state index >= 15 is 0 Å². The molecule has 142 valence electrons. The van der Waals surface area contributed by atoms with Crippen LogP contribution in [0, 0.1) is 11.3 Å². The predicted molar refractivity (Wildman–Crippen MR) is 107 cm³/mol. The van der Waals surface area contributed by atoms with Crippen molar-refractivity contribution in [3.05, 3.63) is 83.3 Å². The number of hydrogen-bond acceptors (Lipinski definition) is 6. The first kappa shape index (κ1) is 18.3. The van der Waals surface area contributed by atoms with Gasteiger partial charge in [-0.05, 0) is 35.7 Å². The molecule has 2 bridgehead atoms. The summed E-state index contributed by atoms with van der Waals surface area (Å²) in [6.45, 7) is 0.429. The lowest BCUT2D eigenvalue weighted by atomic mass is 10.1. The lowest BCUT2D eigenvalue weighted by Gasteiger charge is -2.24. The molecule has 0 radical (unpaired) electrons. The summed E-state index contributed by atoms with van der Waals surface area (Å²) in [5.41, 5.74) is 2.70. The van der Waals surface area contributed by atoms with Gasteiger partial charge in [-0.15, -0.1) is 0 Å². The van der Waals surface area contributed by atoms with Gasteiger partial charge in [0.2, 0.25) is 5.91 Å². The molecule has 7 heteroatoms. The van der Waals surface area contributed by atoms with E-state index in [9.17, 15) is 15.2 Å². The van der Waals surface area contributed by atoms with Crippen molar-refractivity contribution >= 4 is 17.6 Å². The number of aliphatic imine (C=N–C) groups is 1. The highest BCUT2D eigenvalue weighted by Crippen LogP contribution is 2.22. The Kier molecular flexibility index (Phi) is 4.99. The van der Waals surface area contributed by atoms with Gasteiger partial charge in [-0.1, -0.05) is 24.3 Å². The lowest BCUT2D eigenvalue weighted by Crippen LogP contribution is -2.39. The maximum absolute atomic E-state index is 13.1. The van der Waals surface area contributed by atoms with Crippen molar-refractivity contribution in [2.75, 3.05) is 6.54 Å². The monoisotopic (exact) mass is 383 g/mol. The Morgan fingerprint density at radius 1 is 1.14 bits per heavy atom. The number of nitriles is 1. The normalized spacial score (nSPS) is 14.1. The average molecular weight is 383 g/mol. The Hall–Kier alpha value is -4.05. The second-order valence-electron chi connectivity index (χ2n) is 6.63. The first-order valence-electron chi connectivity index (χ1n) is 9.10. The van der Waals surface area contributed by atoms with Crippen LogP contribution in [0.15, 0.2) is 66.0 Å². The summed E-state index contributed by atoms with van der Waals surface area (Å²) in [6, 6.07) is 14.5. The highest BCUT2D eigenvalue weighted by Gasteiger charge is 2.24. The Labute approximate surface area is 167 Å². The van der Waals surface area contributed by atoms with Gasteiger partial charge in [0.25, 0.3) is 0 Å². The number of aromatic hydroxyl groups is 1. The van der Waals surface area contributed by atoms with Gasteiger partial charge in [0.05, 0.1) is 18.2 Å². The van der Waals surface area contributed by atoms with Gasteiger partial charge < -0.3 is 5.11 Å². The number of benzene rings is 2. The summed E-state index contributed by atoms with van der Waals surface area (Å²) < 4.78 is 0. The summed E-state index contributed by atoms with van der Waals surface area (Å²) in [5, 5.41) is 19.2. The smallest absolute Gasteiger partial charge is 0.232 e. The number of aromatic nitrogens is 2. The number of phenolic OH excluding ortho intramolecular Hbond substituents is 1. The number of carbonyl (C=O) groups excluding carboxylic acids is 1. The largest absolute Gasteiger partial charge is 0.507 e. The molecule has 1 N–H and O–H groups in total. The predicted octanol–water partition coefficient (Wildman–Crippen LogP) is 2.76. The number of hydrogen-bond donors (Lipinski definition) is 1. The van der Waals surface area contributed by atoms with E-state index in [0.717, 1.165) is 11.1 Å². The van der Waals surface area contributed by atoms with Crippen LogP contribution in [0.2, 0.25) is 0 Å². The molecule has 2 aliphatic rings. The third kappa shape index (κ3) is 3.96. The van der Waals surface area contributed by atoms with Crippen molar-refractivity contribution < 1.29 is 9.90 Å². The second kappa shape index (κ2) is 7.90. The topological polar surface area (TPSA) is 102 Å². The number of rotatable bonds is 2. The molecule has 0 fully saturated rings. The van der Waals surface area contributed by atoms with Crippen LogP contribution in [0.5, 0.6) is 5.75 Å². The lowest BCUT2D eigenvalue weighted by molar-refractivity contribution is -0.126. The van der Waals surface area contributed by atoms with Crippen LogP contribution >= 0.6 is 0 Å². The van der Waals surface area contributed by atoms with Crippen molar-refractivity contribution in [2.45, 2.75) is 12.8 Å². The molecule has 0 aliphatic carbocycles. The molecule has 3 aromatic rings. The second-order valence-corrected chi connectivity index (χ2v) is 6.63. The van der Waals surface area contributed by atoms with Gasteiger partial charge in [0.1, 0.15) is 17.7 Å². The molecule has 0 atom stereocenters. The van der Waals surface area contributed by atoms with Crippen LogP contribution < -0.4 is 0 Å². The van der Waals surface area contributed by atoms with Gasteiger partial charge in [-0.2, -0.15) is 5.26 Å². The first-order valence-corrected chi connectivity index (χ1v) is 9.10. The molecule has 0 saturated heterocycles. The van der Waals surface area contributed by atoms with E-state index in [1.54, 1.807) is 17.2 Å². The number of carbonyl (C=O) groups is 1. The first-order chi connectivity index (χ1) is 14.1. The highest BCUT2D eigenvalue weighted by molar-refractivity contribution is 6.09. The van der Waals surface area contributed by atoms with Crippen LogP contribution in [0.3, 0.4) is 0 Å². The Balaban J connectivity index is 1.82. The fourth-order valence-electron chi connectivity index (χ4n) is 3.19. The quantitative estimate of drug-likeness (QED) is 0.541. The molecule has 2 aromatic carbocycles. The number of amidine groups is 1. The average Bonchev–Trinajstić information content (AvgIpc) is 2.87. The molecular weight excluding hydrogens is 366 g/mol. The molecule has 0 saturated carbocycles. The van der Waals surface area contributed by atoms with Gasteiger partial charge in [0.15, 0.2) is 5.82 Å². The van der Waals surface area contributed by atoms with Gasteiger partial charge in [0, 0.05) is 24.5 Å². The molecule has 2 aliphatic heterocycles. The standard InChI is InChI=1S/C22H17N5O2/c23-13-18-12-17(5-6-19(18)28)22(26-20-14-24-8-9-25-20)27-10-7-15-1-3-16(4-2-15)11-21(27)29/h1-6,8-9,12,14,28H,7,10-11H2. The third-order valence-electron chi connectivity index (χ3n) is 4.70. The zero-order valence-electron chi connectivity index (χ0n) is 15.5. The Morgan fingerprint density at radius 3 is 2.66 bits per heavy atom. The van der Waals surface area contributed by atoms with Crippen LogP contribution in [-0.2, 0) is 17.6 Å². The third-order valence-corrected chi connectivity index (χ3v) is 4.70. The fraction of sp³-hybridized carbons (Fsp3) is 0.136. The van der Waals surface area contributed by atoms with Crippen molar-refractivity contribution in [3.8, 4) is 11.8 Å². The molecule has 5 rings (SSSR count). The maximum Gasteiger partial charge on any atom is 0.232 e. The molecule has 29 heavy (non-hydrogen) atoms. The molecule has 7 nitrogen and oxygen atoms in total. The summed E-state index contributed by atoms with van der Waals surface area (Å²) in [4.78, 5) is 27.5. The molecule has 0 spiro atoms. The summed E-state index contributed by atoms with van der Waals surface area (Å²) >= 11 is 0. The van der Waals surface area contributed by atoms with Gasteiger partial charge >= 0.3 is 0 Å². The zero-order chi connectivity index (χ0) is 20.2. The highest BCUT2D eigenvalue weighted by atomic mass is 16.3. The van der Waals surface area contributed by atoms with Crippen LogP contribution in [0.1, 0.15) is 22.3 Å². The van der Waals surface area contributed by atoms with E-state index in [0.29, 0.717) is 30.2 Å². The van der Waals surface area contributed by atoms with Crippen LogP contribution in [0.4, 0.5) is 5.82 Å². The Bertz CT molecular complexity index is 1120. The minimum atomic E-state index is -0.122. The Morgan fingerprint density at radius 2 is 1.93 bits per heavy atom. The summed E-state index contributed by atoms with van der Waals surface area (Å²) in [6.07, 6.45) is 5.47. The SMILES string of the molecule is N#Cc1cc(C(=Nc2cnccn2)N2CCc3ccc(cc3)CC2=O)ccc1O. The van der Waals surface area contributed by atoms with Crippen LogP contribution in [-0.4, -0.2) is 38.3 Å².